The normalized spacial score (nSPS) is 11.4. The fourth-order valence-electron chi connectivity index (χ4n) is 3.21. The van der Waals surface area contributed by atoms with Crippen LogP contribution >= 0.6 is 0 Å². The van der Waals surface area contributed by atoms with Gasteiger partial charge in [-0.25, -0.2) is 4.68 Å². The van der Waals surface area contributed by atoms with Crippen molar-refractivity contribution in [3.63, 3.8) is 0 Å². The lowest BCUT2D eigenvalue weighted by atomic mass is 10.2. The van der Waals surface area contributed by atoms with Gasteiger partial charge in [0, 0.05) is 35.3 Å². The SMILES string of the molecule is COc1ccc(NC(=O)C=Cc2cc(C)n(-c3ccnn3C(C)C)c2C)cc1. The molecule has 28 heavy (non-hydrogen) atoms. The highest BCUT2D eigenvalue weighted by molar-refractivity contribution is 6.02. The van der Waals surface area contributed by atoms with Gasteiger partial charge in [0.2, 0.25) is 5.91 Å². The van der Waals surface area contributed by atoms with Crippen LogP contribution in [0.25, 0.3) is 11.9 Å². The number of rotatable bonds is 6. The molecular weight excluding hydrogens is 352 g/mol. The van der Waals surface area contributed by atoms with E-state index >= 15 is 0 Å². The molecule has 2 aromatic heterocycles. The van der Waals surface area contributed by atoms with Gasteiger partial charge < -0.3 is 14.6 Å². The molecular formula is C22H26N4O2. The second-order valence-electron chi connectivity index (χ2n) is 6.94. The first-order chi connectivity index (χ1) is 13.4. The van der Waals surface area contributed by atoms with Crippen molar-refractivity contribution in [1.82, 2.24) is 14.3 Å². The minimum absolute atomic E-state index is 0.179. The summed E-state index contributed by atoms with van der Waals surface area (Å²) >= 11 is 0. The molecule has 0 aliphatic heterocycles. The largest absolute Gasteiger partial charge is 0.497 e. The zero-order valence-electron chi connectivity index (χ0n) is 16.9. The lowest BCUT2D eigenvalue weighted by Gasteiger charge is -2.15. The Morgan fingerprint density at radius 3 is 2.54 bits per heavy atom. The number of nitrogens with one attached hydrogen (secondary N) is 1. The highest BCUT2D eigenvalue weighted by atomic mass is 16.5. The van der Waals surface area contributed by atoms with Crippen molar-refractivity contribution in [2.75, 3.05) is 12.4 Å². The highest BCUT2D eigenvalue weighted by Gasteiger charge is 2.14. The van der Waals surface area contributed by atoms with Crippen LogP contribution in [0.4, 0.5) is 5.69 Å². The van der Waals surface area contributed by atoms with Crippen LogP contribution in [0.5, 0.6) is 5.75 Å². The standard InChI is InChI=1S/C22H26N4O2/c1-15(2)26-22(12-13-23-26)25-16(3)14-18(17(25)4)6-11-21(27)24-19-7-9-20(28-5)10-8-19/h6-15H,1-5H3,(H,24,27). The van der Waals surface area contributed by atoms with Crippen molar-refractivity contribution in [3.05, 3.63) is 65.6 Å². The molecule has 0 saturated heterocycles. The molecule has 1 amide bonds. The number of aryl methyl sites for hydroxylation is 1. The molecule has 6 nitrogen and oxygen atoms in total. The fourth-order valence-corrected chi connectivity index (χ4v) is 3.21. The van der Waals surface area contributed by atoms with Gasteiger partial charge in [-0.2, -0.15) is 5.10 Å². The molecule has 0 fully saturated rings. The molecule has 3 aromatic rings. The molecule has 0 radical (unpaired) electrons. The Morgan fingerprint density at radius 1 is 1.18 bits per heavy atom. The number of hydrogen-bond donors (Lipinski definition) is 1. The summed E-state index contributed by atoms with van der Waals surface area (Å²) < 4.78 is 9.28. The van der Waals surface area contributed by atoms with Gasteiger partial charge in [0.15, 0.2) is 0 Å². The quantitative estimate of drug-likeness (QED) is 0.641. The van der Waals surface area contributed by atoms with E-state index in [0.717, 1.165) is 34.2 Å². The summed E-state index contributed by atoms with van der Waals surface area (Å²) in [6.45, 7) is 8.31. The summed E-state index contributed by atoms with van der Waals surface area (Å²) in [6, 6.07) is 11.6. The predicted octanol–water partition coefficient (Wildman–Crippen LogP) is 4.53. The molecule has 6 heteroatoms. The number of benzene rings is 1. The Balaban J connectivity index is 1.79. The lowest BCUT2D eigenvalue weighted by molar-refractivity contribution is -0.111. The van der Waals surface area contributed by atoms with Crippen LogP contribution < -0.4 is 10.1 Å². The highest BCUT2D eigenvalue weighted by Crippen LogP contribution is 2.23. The van der Waals surface area contributed by atoms with Gasteiger partial charge in [0.05, 0.1) is 13.3 Å². The number of aromatic nitrogens is 3. The van der Waals surface area contributed by atoms with Crippen LogP contribution in [0.2, 0.25) is 0 Å². The Kier molecular flexibility index (Phi) is 5.68. The average Bonchev–Trinajstić information content (AvgIpc) is 3.25. The van der Waals surface area contributed by atoms with Gasteiger partial charge in [-0.15, -0.1) is 0 Å². The van der Waals surface area contributed by atoms with Crippen molar-refractivity contribution in [1.29, 1.82) is 0 Å². The minimum Gasteiger partial charge on any atom is -0.497 e. The number of ether oxygens (including phenoxy) is 1. The molecule has 0 spiro atoms. The van der Waals surface area contributed by atoms with Crippen molar-refractivity contribution >= 4 is 17.7 Å². The molecule has 0 aliphatic rings. The third kappa shape index (κ3) is 4.01. The molecule has 0 atom stereocenters. The predicted molar refractivity (Wildman–Crippen MR) is 112 cm³/mol. The van der Waals surface area contributed by atoms with Crippen LogP contribution in [0.1, 0.15) is 36.8 Å². The summed E-state index contributed by atoms with van der Waals surface area (Å²) in [6.07, 6.45) is 5.20. The summed E-state index contributed by atoms with van der Waals surface area (Å²) in [5.74, 6) is 1.59. The number of amides is 1. The third-order valence-electron chi connectivity index (χ3n) is 4.61. The maximum atomic E-state index is 12.3. The Bertz CT molecular complexity index is 994. The number of anilines is 1. The van der Waals surface area contributed by atoms with Crippen molar-refractivity contribution in [2.45, 2.75) is 33.7 Å². The Hall–Kier alpha value is -3.28. The summed E-state index contributed by atoms with van der Waals surface area (Å²) in [5.41, 5.74) is 3.88. The maximum absolute atomic E-state index is 12.3. The summed E-state index contributed by atoms with van der Waals surface area (Å²) in [7, 11) is 1.61. The number of carbonyl (C=O) groups is 1. The molecule has 3 rings (SSSR count). The number of hydrogen-bond acceptors (Lipinski definition) is 3. The topological polar surface area (TPSA) is 61.1 Å². The molecule has 2 heterocycles. The minimum atomic E-state index is -0.179. The van der Waals surface area contributed by atoms with E-state index in [0.29, 0.717) is 0 Å². The first kappa shape index (κ1) is 19.5. The molecule has 0 saturated carbocycles. The van der Waals surface area contributed by atoms with E-state index in [-0.39, 0.29) is 11.9 Å². The number of methoxy groups -OCH3 is 1. The number of nitrogens with zero attached hydrogens (tertiary/aromatic N) is 3. The molecule has 1 N–H and O–H groups in total. The second-order valence-corrected chi connectivity index (χ2v) is 6.94. The second kappa shape index (κ2) is 8.17. The van der Waals surface area contributed by atoms with Crippen molar-refractivity contribution in [3.8, 4) is 11.6 Å². The first-order valence-corrected chi connectivity index (χ1v) is 9.26. The first-order valence-electron chi connectivity index (χ1n) is 9.26. The zero-order valence-corrected chi connectivity index (χ0v) is 16.9. The van der Waals surface area contributed by atoms with Gasteiger partial charge in [-0.3, -0.25) is 4.79 Å². The lowest BCUT2D eigenvalue weighted by Crippen LogP contribution is -2.11. The van der Waals surface area contributed by atoms with Gasteiger partial charge in [0.1, 0.15) is 11.6 Å². The van der Waals surface area contributed by atoms with E-state index < -0.39 is 0 Å². The summed E-state index contributed by atoms with van der Waals surface area (Å²) in [4.78, 5) is 12.3. The van der Waals surface area contributed by atoms with Crippen LogP contribution in [0, 0.1) is 13.8 Å². The Morgan fingerprint density at radius 2 is 1.89 bits per heavy atom. The van der Waals surface area contributed by atoms with Crippen molar-refractivity contribution in [2.24, 2.45) is 0 Å². The van der Waals surface area contributed by atoms with E-state index in [1.807, 2.05) is 54.2 Å². The van der Waals surface area contributed by atoms with Crippen LogP contribution in [0.15, 0.2) is 48.7 Å². The summed E-state index contributed by atoms with van der Waals surface area (Å²) in [5, 5.41) is 7.28. The molecule has 0 aliphatic carbocycles. The molecule has 0 bridgehead atoms. The van der Waals surface area contributed by atoms with Gasteiger partial charge in [-0.05, 0) is 69.7 Å². The monoisotopic (exact) mass is 378 g/mol. The van der Waals surface area contributed by atoms with E-state index in [1.165, 1.54) is 0 Å². The van der Waals surface area contributed by atoms with E-state index in [4.69, 9.17) is 4.74 Å². The zero-order chi connectivity index (χ0) is 20.3. The smallest absolute Gasteiger partial charge is 0.248 e. The molecule has 146 valence electrons. The fraction of sp³-hybridized carbons (Fsp3) is 0.273. The van der Waals surface area contributed by atoms with Crippen LogP contribution in [-0.4, -0.2) is 27.4 Å². The van der Waals surface area contributed by atoms with E-state index in [2.05, 4.69) is 41.8 Å². The van der Waals surface area contributed by atoms with Gasteiger partial charge in [-0.1, -0.05) is 0 Å². The third-order valence-corrected chi connectivity index (χ3v) is 4.61. The molecule has 1 aromatic carbocycles. The van der Waals surface area contributed by atoms with Gasteiger partial charge >= 0.3 is 0 Å². The van der Waals surface area contributed by atoms with Crippen LogP contribution in [0.3, 0.4) is 0 Å². The van der Waals surface area contributed by atoms with E-state index in [1.54, 1.807) is 13.2 Å². The van der Waals surface area contributed by atoms with Crippen molar-refractivity contribution < 1.29 is 9.53 Å². The number of carbonyl (C=O) groups excluding carboxylic acids is 1. The Labute approximate surface area is 165 Å². The maximum Gasteiger partial charge on any atom is 0.248 e. The molecule has 0 unspecified atom stereocenters. The van der Waals surface area contributed by atoms with Crippen LogP contribution in [-0.2, 0) is 4.79 Å². The van der Waals surface area contributed by atoms with Gasteiger partial charge in [0.25, 0.3) is 0 Å². The van der Waals surface area contributed by atoms with E-state index in [9.17, 15) is 4.79 Å². The average molecular weight is 378 g/mol.